The summed E-state index contributed by atoms with van der Waals surface area (Å²) in [7, 11) is 0. The maximum atomic E-state index is 2.43. The van der Waals surface area contributed by atoms with Gasteiger partial charge in [-0.1, -0.05) is 280 Å². The highest BCUT2D eigenvalue weighted by molar-refractivity contribution is 5.13. The number of hydrogen-bond acceptors (Lipinski definition) is 0. The van der Waals surface area contributed by atoms with E-state index in [-0.39, 0.29) is 0 Å². The van der Waals surface area contributed by atoms with Crippen molar-refractivity contribution in [1.29, 1.82) is 0 Å². The smallest absolute Gasteiger partial charge is 0.104 e. The molecule has 0 aromatic heterocycles. The van der Waals surface area contributed by atoms with E-state index >= 15 is 0 Å². The van der Waals surface area contributed by atoms with E-state index in [0.29, 0.717) is 0 Å². The molecule has 0 aliphatic carbocycles. The van der Waals surface area contributed by atoms with Crippen LogP contribution in [0.3, 0.4) is 0 Å². The lowest BCUT2D eigenvalue weighted by atomic mass is 10.0. The van der Waals surface area contributed by atoms with Gasteiger partial charge in [0, 0.05) is 5.56 Å². The first-order valence-corrected chi connectivity index (χ1v) is 30.1. The molecule has 0 aliphatic heterocycles. The number of unbranched alkanes of at least 4 members (excludes halogenated alkanes) is 39. The topological polar surface area (TPSA) is 0 Å². The van der Waals surface area contributed by atoms with Gasteiger partial charge in [-0.05, 0) is 96.3 Å². The second kappa shape index (κ2) is 51.8. The van der Waals surface area contributed by atoms with Crippen LogP contribution >= 0.6 is 0 Å². The number of nitrogens with zero attached hydrogens (tertiary/aromatic N) is 1. The van der Waals surface area contributed by atoms with Crippen LogP contribution in [0.2, 0.25) is 0 Å². The van der Waals surface area contributed by atoms with Crippen LogP contribution in [-0.2, 0) is 6.54 Å². The summed E-state index contributed by atoms with van der Waals surface area (Å²) < 4.78 is 1.35. The Kier molecular flexibility index (Phi) is 48.9. The van der Waals surface area contributed by atoms with Gasteiger partial charge >= 0.3 is 0 Å². The molecule has 378 valence electrons. The Morgan fingerprint density at radius 1 is 0.262 bits per heavy atom. The number of allylic oxidation sites excluding steroid dienone is 6. The van der Waals surface area contributed by atoms with Crippen molar-refractivity contribution in [1.82, 2.24) is 0 Å². The fourth-order valence-electron chi connectivity index (χ4n) is 10.4. The zero-order valence-electron chi connectivity index (χ0n) is 44.9. The molecule has 0 atom stereocenters. The van der Waals surface area contributed by atoms with Gasteiger partial charge in [0.1, 0.15) is 6.54 Å². The van der Waals surface area contributed by atoms with Gasteiger partial charge < -0.3 is 4.48 Å². The summed E-state index contributed by atoms with van der Waals surface area (Å²) >= 11 is 0. The molecule has 0 aliphatic rings. The summed E-state index contributed by atoms with van der Waals surface area (Å²) in [6.45, 7) is 12.2. The average Bonchev–Trinajstić information content (AvgIpc) is 3.32. The molecule has 1 rings (SSSR count). The lowest BCUT2D eigenvalue weighted by Gasteiger charge is -2.39. The van der Waals surface area contributed by atoms with Gasteiger partial charge in [-0.25, -0.2) is 0 Å². The molecule has 0 spiro atoms. The van der Waals surface area contributed by atoms with Crippen LogP contribution in [0.5, 0.6) is 0 Å². The highest BCUT2D eigenvalue weighted by Crippen LogP contribution is 2.24. The molecule has 0 saturated carbocycles. The minimum Gasteiger partial charge on any atom is -0.320 e. The molecule has 0 N–H and O–H groups in total. The summed E-state index contributed by atoms with van der Waals surface area (Å²) in [5, 5.41) is 0. The molecule has 1 aromatic rings. The lowest BCUT2D eigenvalue weighted by molar-refractivity contribution is -0.941. The van der Waals surface area contributed by atoms with Crippen molar-refractivity contribution >= 4 is 0 Å². The molecule has 0 heterocycles. The molecule has 0 radical (unpaired) electrons. The van der Waals surface area contributed by atoms with Crippen LogP contribution in [0, 0.1) is 0 Å². The predicted molar refractivity (Wildman–Crippen MR) is 297 cm³/mol. The normalized spacial score (nSPS) is 12.3. The predicted octanol–water partition coefficient (Wildman–Crippen LogP) is 22.3. The Morgan fingerprint density at radius 2 is 0.477 bits per heavy atom. The summed E-state index contributed by atoms with van der Waals surface area (Å²) in [4.78, 5) is 0. The highest BCUT2D eigenvalue weighted by atomic mass is 15.3. The fraction of sp³-hybridized carbons (Fsp3) is 0.812. The molecule has 0 bridgehead atoms. The molecule has 0 unspecified atom stereocenters. The van der Waals surface area contributed by atoms with Crippen molar-refractivity contribution in [3.8, 4) is 0 Å². The maximum absolute atomic E-state index is 2.43. The van der Waals surface area contributed by atoms with Gasteiger partial charge in [0.2, 0.25) is 0 Å². The van der Waals surface area contributed by atoms with Crippen LogP contribution in [0.15, 0.2) is 66.8 Å². The SMILES string of the molecule is CC/C=C/CCCCCCCCCCCCCCC[N+](CCCCCCCCCCCCCCC/C=C/CC)(CCCCCCCCCCCCCCC/C=C/CC)Cc1ccccc1. The summed E-state index contributed by atoms with van der Waals surface area (Å²) in [5.74, 6) is 0. The van der Waals surface area contributed by atoms with Crippen LogP contribution in [0.4, 0.5) is 0 Å². The van der Waals surface area contributed by atoms with Crippen LogP contribution in [0.25, 0.3) is 0 Å². The standard InChI is InChI=1S/C64H118N/c1-4-7-10-13-16-19-22-25-28-31-34-37-40-43-46-49-55-60-65(63-64-58-53-52-54-59-64,61-56-50-47-44-41-38-35-32-29-26-23-20-17-14-11-8-5-2)62-57-51-48-45-42-39-36-33-30-27-24-21-18-15-12-9-6-3/h7-12,52-54,58-59H,4-6,13-51,55-57,60-63H2,1-3H3/q+1/b10-7+,11-8+,12-9+. The molecule has 65 heavy (non-hydrogen) atoms. The number of benzene rings is 1. The second-order valence-electron chi connectivity index (χ2n) is 20.9. The van der Waals surface area contributed by atoms with E-state index in [2.05, 4.69) is 87.6 Å². The quantitative estimate of drug-likeness (QED) is 0.0347. The first-order chi connectivity index (χ1) is 32.3. The van der Waals surface area contributed by atoms with Gasteiger partial charge in [0.05, 0.1) is 19.6 Å². The molecule has 1 nitrogen and oxygen atoms in total. The summed E-state index contributed by atoms with van der Waals surface area (Å²) in [6.07, 6.45) is 77.9. The third-order valence-electron chi connectivity index (χ3n) is 14.6. The Labute approximate surface area is 410 Å². The van der Waals surface area contributed by atoms with Crippen molar-refractivity contribution in [2.45, 2.75) is 316 Å². The molecular formula is C64H118N+. The van der Waals surface area contributed by atoms with Crippen molar-refractivity contribution < 1.29 is 4.48 Å². The molecule has 0 fully saturated rings. The summed E-state index contributed by atoms with van der Waals surface area (Å²) in [5.41, 5.74) is 1.57. The molecule has 0 saturated heterocycles. The lowest BCUT2D eigenvalue weighted by Crippen LogP contribution is -2.49. The van der Waals surface area contributed by atoms with Crippen molar-refractivity contribution in [3.05, 3.63) is 72.4 Å². The van der Waals surface area contributed by atoms with E-state index in [0.717, 1.165) is 0 Å². The summed E-state index contributed by atoms with van der Waals surface area (Å²) in [6, 6.07) is 11.7. The van der Waals surface area contributed by atoms with E-state index < -0.39 is 0 Å². The van der Waals surface area contributed by atoms with Crippen LogP contribution < -0.4 is 0 Å². The van der Waals surface area contributed by atoms with Crippen molar-refractivity contribution in [2.24, 2.45) is 0 Å². The molecule has 1 aromatic carbocycles. The molecule has 1 heteroatoms. The van der Waals surface area contributed by atoms with Crippen molar-refractivity contribution in [3.63, 3.8) is 0 Å². The Bertz CT molecular complexity index is 1010. The minimum atomic E-state index is 1.19. The Hall–Kier alpha value is -1.60. The monoisotopic (exact) mass is 901 g/mol. The first kappa shape index (κ1) is 61.4. The van der Waals surface area contributed by atoms with Gasteiger partial charge in [-0.15, -0.1) is 0 Å². The van der Waals surface area contributed by atoms with Crippen LogP contribution in [0.1, 0.15) is 315 Å². The number of rotatable bonds is 53. The van der Waals surface area contributed by atoms with Gasteiger partial charge in [-0.3, -0.25) is 0 Å². The highest BCUT2D eigenvalue weighted by Gasteiger charge is 2.26. The first-order valence-electron chi connectivity index (χ1n) is 30.1. The number of quaternary nitrogens is 1. The Morgan fingerprint density at radius 3 is 0.708 bits per heavy atom. The van der Waals surface area contributed by atoms with E-state index in [9.17, 15) is 0 Å². The minimum absolute atomic E-state index is 1.19. The van der Waals surface area contributed by atoms with Gasteiger partial charge in [0.15, 0.2) is 0 Å². The van der Waals surface area contributed by atoms with Gasteiger partial charge in [0.25, 0.3) is 0 Å². The van der Waals surface area contributed by atoms with Crippen molar-refractivity contribution in [2.75, 3.05) is 19.6 Å². The zero-order chi connectivity index (χ0) is 46.5. The van der Waals surface area contributed by atoms with E-state index in [1.54, 1.807) is 5.56 Å². The third kappa shape index (κ3) is 44.7. The molecule has 0 amide bonds. The zero-order valence-corrected chi connectivity index (χ0v) is 44.9. The Balaban J connectivity index is 2.45. The third-order valence-corrected chi connectivity index (χ3v) is 14.6. The fourth-order valence-corrected chi connectivity index (χ4v) is 10.4. The average molecular weight is 902 g/mol. The van der Waals surface area contributed by atoms with Crippen LogP contribution in [-0.4, -0.2) is 24.1 Å². The van der Waals surface area contributed by atoms with E-state index in [1.165, 1.54) is 320 Å². The van der Waals surface area contributed by atoms with E-state index in [1.807, 2.05) is 0 Å². The molecular weight excluding hydrogens is 783 g/mol. The largest absolute Gasteiger partial charge is 0.320 e. The number of hydrogen-bond donors (Lipinski definition) is 0. The second-order valence-corrected chi connectivity index (χ2v) is 20.9. The van der Waals surface area contributed by atoms with Gasteiger partial charge in [-0.2, -0.15) is 0 Å². The van der Waals surface area contributed by atoms with E-state index in [4.69, 9.17) is 0 Å². The maximum Gasteiger partial charge on any atom is 0.104 e.